The number of methoxy groups -OCH3 is 1. The molecule has 10 heteroatoms. The van der Waals surface area contributed by atoms with Crippen molar-refractivity contribution in [2.45, 2.75) is 70.4 Å². The molecule has 0 saturated carbocycles. The van der Waals surface area contributed by atoms with Crippen molar-refractivity contribution in [1.29, 1.82) is 0 Å². The molecule has 0 aromatic heterocycles. The number of hydrogen-bond donors (Lipinski definition) is 2. The fraction of sp³-hybridized carbons (Fsp3) is 0.520. The van der Waals surface area contributed by atoms with Crippen LogP contribution in [0.1, 0.15) is 45.6 Å². The summed E-state index contributed by atoms with van der Waals surface area (Å²) in [5.41, 5.74) is 0.000209. The highest BCUT2D eigenvalue weighted by Crippen LogP contribution is 2.28. The molecule has 0 bridgehead atoms. The van der Waals surface area contributed by atoms with E-state index in [2.05, 4.69) is 17.2 Å². The van der Waals surface area contributed by atoms with Gasteiger partial charge in [-0.15, -0.1) is 6.58 Å². The molecule has 2 rings (SSSR count). The first-order valence-electron chi connectivity index (χ1n) is 11.5. The van der Waals surface area contributed by atoms with E-state index in [4.69, 9.17) is 14.2 Å². The Morgan fingerprint density at radius 1 is 1.14 bits per heavy atom. The van der Waals surface area contributed by atoms with E-state index >= 15 is 0 Å². The summed E-state index contributed by atoms with van der Waals surface area (Å²) < 4.78 is 15.4. The van der Waals surface area contributed by atoms with E-state index in [-0.39, 0.29) is 19.2 Å². The smallest absolute Gasteiger partial charge is 0.408 e. The van der Waals surface area contributed by atoms with E-state index in [0.717, 1.165) is 5.56 Å². The summed E-state index contributed by atoms with van der Waals surface area (Å²) in [6.45, 7) is 8.58. The standard InChI is InChI=1S/C25H35N3O7/c1-6-10-18-13-14-20(22(30)33-5)28(18)21(29)19(27-24(32)35-25(2,3)4)15-26-23(31)34-16-17-11-8-7-9-12-17/h6-9,11-12,18-20H,1,10,13-16H2,2-5H3,(H,26,31)(H,27,32)/t18-,19-,20-/m0/s1. The maximum absolute atomic E-state index is 13.6. The Balaban J connectivity index is 2.15. The quantitative estimate of drug-likeness (QED) is 0.311. The minimum atomic E-state index is -1.20. The second kappa shape index (κ2) is 12.8. The van der Waals surface area contributed by atoms with Crippen molar-refractivity contribution in [3.05, 3.63) is 48.6 Å². The van der Waals surface area contributed by atoms with E-state index in [9.17, 15) is 19.2 Å². The molecule has 0 aliphatic carbocycles. The third-order valence-electron chi connectivity index (χ3n) is 5.32. The number of benzene rings is 1. The molecule has 1 aliphatic rings. The molecule has 10 nitrogen and oxygen atoms in total. The average Bonchev–Trinajstić information content (AvgIpc) is 3.22. The van der Waals surface area contributed by atoms with E-state index in [1.54, 1.807) is 26.8 Å². The summed E-state index contributed by atoms with van der Waals surface area (Å²) in [4.78, 5) is 52.1. The van der Waals surface area contributed by atoms with Gasteiger partial charge in [-0.1, -0.05) is 36.4 Å². The first kappa shape index (κ1) is 27.7. The molecule has 1 aliphatic heterocycles. The lowest BCUT2D eigenvalue weighted by atomic mass is 10.1. The first-order chi connectivity index (χ1) is 16.6. The molecule has 1 saturated heterocycles. The summed E-state index contributed by atoms with van der Waals surface area (Å²) in [5, 5.41) is 5.03. The Morgan fingerprint density at radius 2 is 1.83 bits per heavy atom. The van der Waals surface area contributed by atoms with E-state index in [0.29, 0.717) is 19.3 Å². The van der Waals surface area contributed by atoms with Crippen molar-refractivity contribution >= 4 is 24.1 Å². The summed E-state index contributed by atoms with van der Waals surface area (Å²) >= 11 is 0. The molecule has 35 heavy (non-hydrogen) atoms. The van der Waals surface area contributed by atoms with Crippen LogP contribution in [0.15, 0.2) is 43.0 Å². The van der Waals surface area contributed by atoms with Crippen molar-refractivity contribution in [1.82, 2.24) is 15.5 Å². The van der Waals surface area contributed by atoms with Gasteiger partial charge >= 0.3 is 18.2 Å². The number of esters is 1. The summed E-state index contributed by atoms with van der Waals surface area (Å²) in [6.07, 6.45) is 1.53. The molecule has 0 radical (unpaired) electrons. The number of hydrogen-bond acceptors (Lipinski definition) is 7. The lowest BCUT2D eigenvalue weighted by molar-refractivity contribution is -0.152. The number of likely N-dealkylation sites (tertiary alicyclic amines) is 1. The van der Waals surface area contributed by atoms with Crippen LogP contribution in [0, 0.1) is 0 Å². The molecule has 1 aromatic carbocycles. The fourth-order valence-electron chi connectivity index (χ4n) is 3.80. The Kier molecular flexibility index (Phi) is 10.1. The van der Waals surface area contributed by atoms with Gasteiger partial charge in [0, 0.05) is 6.04 Å². The maximum Gasteiger partial charge on any atom is 0.408 e. The number of alkyl carbamates (subject to hydrolysis) is 2. The third kappa shape index (κ3) is 8.62. The summed E-state index contributed by atoms with van der Waals surface area (Å²) in [5.74, 6) is -1.09. The monoisotopic (exact) mass is 489 g/mol. The SMILES string of the molecule is C=CC[C@H]1CC[C@@H](C(=O)OC)N1C(=O)[C@H](CNC(=O)OCc1ccccc1)NC(=O)OC(C)(C)C. The number of amides is 3. The van der Waals surface area contributed by atoms with E-state index in [1.807, 2.05) is 30.3 Å². The van der Waals surface area contributed by atoms with Gasteiger partial charge in [0.15, 0.2) is 0 Å². The molecule has 0 unspecified atom stereocenters. The molecule has 1 aromatic rings. The number of carbonyl (C=O) groups is 4. The van der Waals surface area contributed by atoms with Crippen molar-refractivity contribution in [2.75, 3.05) is 13.7 Å². The number of rotatable bonds is 9. The van der Waals surface area contributed by atoms with Crippen LogP contribution in [0.5, 0.6) is 0 Å². The fourth-order valence-corrected chi connectivity index (χ4v) is 3.80. The summed E-state index contributed by atoms with van der Waals surface area (Å²) in [6, 6.07) is 6.82. The van der Waals surface area contributed by atoms with Crippen molar-refractivity contribution < 1.29 is 33.4 Å². The Bertz CT molecular complexity index is 898. The summed E-state index contributed by atoms with van der Waals surface area (Å²) in [7, 11) is 1.26. The van der Waals surface area contributed by atoms with E-state index in [1.165, 1.54) is 12.0 Å². The predicted octanol–water partition coefficient (Wildman–Crippen LogP) is 2.91. The predicted molar refractivity (Wildman–Crippen MR) is 128 cm³/mol. The van der Waals surface area contributed by atoms with Gasteiger partial charge in [-0.25, -0.2) is 14.4 Å². The van der Waals surface area contributed by atoms with Gasteiger partial charge < -0.3 is 29.7 Å². The highest BCUT2D eigenvalue weighted by atomic mass is 16.6. The molecule has 1 heterocycles. The Morgan fingerprint density at radius 3 is 2.43 bits per heavy atom. The van der Waals surface area contributed by atoms with Gasteiger partial charge in [-0.05, 0) is 45.6 Å². The van der Waals surface area contributed by atoms with Gasteiger partial charge in [0.25, 0.3) is 0 Å². The van der Waals surface area contributed by atoms with E-state index < -0.39 is 41.7 Å². The van der Waals surface area contributed by atoms with Gasteiger partial charge in [0.05, 0.1) is 13.7 Å². The van der Waals surface area contributed by atoms with Crippen molar-refractivity contribution in [3.8, 4) is 0 Å². The molecular formula is C25H35N3O7. The van der Waals surface area contributed by atoms with Gasteiger partial charge in [-0.3, -0.25) is 4.79 Å². The maximum atomic E-state index is 13.6. The molecule has 0 spiro atoms. The van der Waals surface area contributed by atoms with Crippen LogP contribution in [0.3, 0.4) is 0 Å². The number of nitrogens with zero attached hydrogens (tertiary/aromatic N) is 1. The normalized spacial score (nSPS) is 18.2. The highest BCUT2D eigenvalue weighted by Gasteiger charge is 2.43. The van der Waals surface area contributed by atoms with Crippen LogP contribution in [0.25, 0.3) is 0 Å². The van der Waals surface area contributed by atoms with Crippen molar-refractivity contribution in [2.24, 2.45) is 0 Å². The van der Waals surface area contributed by atoms with Crippen LogP contribution in [-0.2, 0) is 30.4 Å². The lowest BCUT2D eigenvalue weighted by Crippen LogP contribution is -2.58. The van der Waals surface area contributed by atoms with Gasteiger partial charge in [0.2, 0.25) is 5.91 Å². The largest absolute Gasteiger partial charge is 0.467 e. The third-order valence-corrected chi connectivity index (χ3v) is 5.32. The zero-order valence-corrected chi connectivity index (χ0v) is 20.7. The first-order valence-corrected chi connectivity index (χ1v) is 11.5. The zero-order chi connectivity index (χ0) is 26.0. The van der Waals surface area contributed by atoms with Crippen LogP contribution in [-0.4, -0.2) is 66.3 Å². The van der Waals surface area contributed by atoms with Crippen LogP contribution < -0.4 is 10.6 Å². The molecule has 3 amide bonds. The molecular weight excluding hydrogens is 454 g/mol. The van der Waals surface area contributed by atoms with Gasteiger partial charge in [-0.2, -0.15) is 0 Å². The second-order valence-electron chi connectivity index (χ2n) is 9.18. The minimum absolute atomic E-state index is 0.0444. The number of nitrogens with one attached hydrogen (secondary N) is 2. The van der Waals surface area contributed by atoms with Crippen molar-refractivity contribution in [3.63, 3.8) is 0 Å². The molecule has 3 atom stereocenters. The van der Waals surface area contributed by atoms with Crippen LogP contribution >= 0.6 is 0 Å². The molecule has 2 N–H and O–H groups in total. The average molecular weight is 490 g/mol. The number of ether oxygens (including phenoxy) is 3. The topological polar surface area (TPSA) is 123 Å². The zero-order valence-electron chi connectivity index (χ0n) is 20.7. The van der Waals surface area contributed by atoms with Crippen LogP contribution in [0.4, 0.5) is 9.59 Å². The second-order valence-corrected chi connectivity index (χ2v) is 9.18. The Labute approximate surface area is 206 Å². The number of carbonyl (C=O) groups excluding carboxylic acids is 4. The highest BCUT2D eigenvalue weighted by molar-refractivity contribution is 5.91. The van der Waals surface area contributed by atoms with Gasteiger partial charge in [0.1, 0.15) is 24.3 Å². The molecule has 1 fully saturated rings. The Hall–Kier alpha value is -3.56. The van der Waals surface area contributed by atoms with Crippen LogP contribution in [0.2, 0.25) is 0 Å². The molecule has 192 valence electrons. The minimum Gasteiger partial charge on any atom is -0.467 e. The lowest BCUT2D eigenvalue weighted by Gasteiger charge is -2.32.